The van der Waals surface area contributed by atoms with Gasteiger partial charge in [0.15, 0.2) is 11.6 Å². The first-order chi connectivity index (χ1) is 16.7. The highest BCUT2D eigenvalue weighted by Gasteiger charge is 2.75. The summed E-state index contributed by atoms with van der Waals surface area (Å²) < 4.78 is 51.9. The first-order valence-electron chi connectivity index (χ1n) is 11.2. The van der Waals surface area contributed by atoms with Crippen molar-refractivity contribution in [3.8, 4) is 11.5 Å². The fourth-order valence-corrected chi connectivity index (χ4v) is 5.68. The third kappa shape index (κ3) is 3.52. The fraction of sp³-hybridized carbons (Fsp3) is 0.375. The molecule has 35 heavy (non-hydrogen) atoms. The van der Waals surface area contributed by atoms with Crippen molar-refractivity contribution >= 4 is 11.7 Å². The number of anilines is 1. The molecule has 4 atom stereocenters. The van der Waals surface area contributed by atoms with Crippen LogP contribution in [0.3, 0.4) is 0 Å². The molecular weight excluding hydrogens is 464 g/mol. The quantitative estimate of drug-likeness (QED) is 0.561. The Kier molecular flexibility index (Phi) is 4.64. The second-order valence-corrected chi connectivity index (χ2v) is 9.50. The lowest BCUT2D eigenvalue weighted by Gasteiger charge is -2.48. The molecule has 1 saturated heterocycles. The third-order valence-electron chi connectivity index (χ3n) is 7.38. The average Bonchev–Trinajstić information content (AvgIpc) is 3.47. The van der Waals surface area contributed by atoms with Crippen LogP contribution in [0.2, 0.25) is 0 Å². The number of carbonyl (C=O) groups excluding carboxylic acids is 1. The van der Waals surface area contributed by atoms with E-state index in [9.17, 15) is 22.4 Å². The number of aromatic nitrogens is 4. The van der Waals surface area contributed by atoms with Crippen molar-refractivity contribution in [1.29, 1.82) is 0 Å². The Morgan fingerprint density at radius 1 is 1.09 bits per heavy atom. The van der Waals surface area contributed by atoms with E-state index in [0.717, 1.165) is 37.5 Å². The Morgan fingerprint density at radius 2 is 1.86 bits per heavy atom. The lowest BCUT2D eigenvalue weighted by molar-refractivity contribution is -0.137. The highest BCUT2D eigenvalue weighted by atomic mass is 19.4. The lowest BCUT2D eigenvalue weighted by atomic mass is 9.71. The molecule has 3 aromatic rings. The van der Waals surface area contributed by atoms with Crippen molar-refractivity contribution < 1.29 is 22.4 Å². The van der Waals surface area contributed by atoms with Gasteiger partial charge in [0, 0.05) is 24.5 Å². The van der Waals surface area contributed by atoms with Crippen LogP contribution in [0, 0.1) is 24.1 Å². The van der Waals surface area contributed by atoms with Gasteiger partial charge in [-0.2, -0.15) is 13.2 Å². The maximum Gasteiger partial charge on any atom is 0.417 e. The summed E-state index contributed by atoms with van der Waals surface area (Å²) in [6, 6.07) is 5.49. The Balaban J connectivity index is 1.26. The molecule has 1 amide bonds. The molecule has 0 radical (unpaired) electrons. The number of nitrogens with zero attached hydrogens (tertiary/aromatic N) is 5. The summed E-state index contributed by atoms with van der Waals surface area (Å²) in [6.07, 6.45) is 0.277. The number of halogens is 4. The van der Waals surface area contributed by atoms with E-state index in [4.69, 9.17) is 0 Å². The molecule has 2 saturated carbocycles. The van der Waals surface area contributed by atoms with Gasteiger partial charge >= 0.3 is 6.18 Å². The zero-order chi connectivity index (χ0) is 24.5. The van der Waals surface area contributed by atoms with E-state index in [1.807, 2.05) is 4.90 Å². The van der Waals surface area contributed by atoms with Gasteiger partial charge in [-0.1, -0.05) is 0 Å². The zero-order valence-electron chi connectivity index (χ0n) is 18.6. The molecule has 1 N–H and O–H groups in total. The topological polar surface area (TPSA) is 83.9 Å². The second kappa shape index (κ2) is 7.43. The molecule has 1 aliphatic heterocycles. The van der Waals surface area contributed by atoms with Crippen LogP contribution in [0.15, 0.2) is 42.9 Å². The minimum atomic E-state index is -4.45. The summed E-state index contributed by atoms with van der Waals surface area (Å²) in [5.74, 6) is 0.0977. The van der Waals surface area contributed by atoms with Gasteiger partial charge in [-0.15, -0.1) is 0 Å². The predicted octanol–water partition coefficient (Wildman–Crippen LogP) is 4.12. The second-order valence-electron chi connectivity index (χ2n) is 9.50. The zero-order valence-corrected chi connectivity index (χ0v) is 18.6. The van der Waals surface area contributed by atoms with E-state index >= 15 is 0 Å². The number of carbonyl (C=O) groups is 1. The number of pyridine rings is 2. The highest BCUT2D eigenvalue weighted by molar-refractivity contribution is 6.00. The molecule has 3 aliphatic rings. The molecule has 1 spiro atoms. The van der Waals surface area contributed by atoms with Crippen molar-refractivity contribution in [2.75, 3.05) is 11.9 Å². The summed E-state index contributed by atoms with van der Waals surface area (Å²) in [5, 5.41) is 3.22. The van der Waals surface area contributed by atoms with Crippen LogP contribution in [0.1, 0.15) is 34.5 Å². The molecular formula is C24H20F4N6O. The predicted molar refractivity (Wildman–Crippen MR) is 117 cm³/mol. The monoisotopic (exact) mass is 484 g/mol. The normalized spacial score (nSPS) is 26.5. The molecule has 2 aliphatic carbocycles. The summed E-state index contributed by atoms with van der Waals surface area (Å²) >= 11 is 0. The van der Waals surface area contributed by atoms with Crippen LogP contribution in [-0.2, 0) is 6.18 Å². The van der Waals surface area contributed by atoms with Crippen LogP contribution >= 0.6 is 0 Å². The van der Waals surface area contributed by atoms with E-state index in [2.05, 4.69) is 25.3 Å². The first-order valence-corrected chi connectivity index (χ1v) is 11.2. The SMILES string of the molecule is Cc1ccc(C(=O)N2CC3CC34CC(Nc3ccc(C(F)(F)F)cn3)C24)c(-c2ncc(F)cn2)n1. The summed E-state index contributed by atoms with van der Waals surface area (Å²) in [7, 11) is 0. The number of nitrogens with one attached hydrogen (secondary N) is 1. The van der Waals surface area contributed by atoms with Crippen molar-refractivity contribution in [3.63, 3.8) is 0 Å². The van der Waals surface area contributed by atoms with Crippen molar-refractivity contribution in [2.24, 2.45) is 11.3 Å². The van der Waals surface area contributed by atoms with Gasteiger partial charge < -0.3 is 10.2 Å². The minimum Gasteiger partial charge on any atom is -0.365 e. The Labute approximate surface area is 197 Å². The molecule has 7 nitrogen and oxygen atoms in total. The number of hydrogen-bond acceptors (Lipinski definition) is 6. The molecule has 4 unspecified atom stereocenters. The number of rotatable bonds is 4. The molecule has 3 aromatic heterocycles. The summed E-state index contributed by atoms with van der Waals surface area (Å²) in [5.41, 5.74) is 0.524. The van der Waals surface area contributed by atoms with E-state index in [-0.39, 0.29) is 34.9 Å². The van der Waals surface area contributed by atoms with Crippen LogP contribution in [0.4, 0.5) is 23.4 Å². The number of aryl methyl sites for hydroxylation is 1. The highest BCUT2D eigenvalue weighted by Crippen LogP contribution is 2.71. The van der Waals surface area contributed by atoms with Crippen LogP contribution in [-0.4, -0.2) is 49.4 Å². The van der Waals surface area contributed by atoms with Gasteiger partial charge in [0.05, 0.1) is 29.6 Å². The van der Waals surface area contributed by atoms with Gasteiger partial charge in [0.2, 0.25) is 0 Å². The van der Waals surface area contributed by atoms with Crippen LogP contribution in [0.5, 0.6) is 0 Å². The lowest BCUT2D eigenvalue weighted by Crippen LogP contribution is -2.60. The van der Waals surface area contributed by atoms with Gasteiger partial charge in [-0.3, -0.25) is 4.79 Å². The molecule has 0 bridgehead atoms. The smallest absolute Gasteiger partial charge is 0.365 e. The first kappa shape index (κ1) is 21.9. The minimum absolute atomic E-state index is 0.0455. The van der Waals surface area contributed by atoms with E-state index < -0.39 is 17.6 Å². The van der Waals surface area contributed by atoms with E-state index in [0.29, 0.717) is 29.5 Å². The number of alkyl halides is 3. The molecule has 3 fully saturated rings. The molecule has 4 heterocycles. The van der Waals surface area contributed by atoms with Crippen molar-refractivity contribution in [2.45, 2.75) is 38.0 Å². The number of piperidine rings is 1. The van der Waals surface area contributed by atoms with Crippen molar-refractivity contribution in [1.82, 2.24) is 24.8 Å². The summed E-state index contributed by atoms with van der Waals surface area (Å²) in [4.78, 5) is 31.9. The maximum atomic E-state index is 13.7. The number of amides is 1. The number of hydrogen-bond donors (Lipinski definition) is 1. The average molecular weight is 484 g/mol. The third-order valence-corrected chi connectivity index (χ3v) is 7.38. The fourth-order valence-electron chi connectivity index (χ4n) is 5.68. The van der Waals surface area contributed by atoms with Crippen molar-refractivity contribution in [3.05, 3.63) is 65.5 Å². The van der Waals surface area contributed by atoms with Gasteiger partial charge in [0.25, 0.3) is 5.91 Å². The Bertz CT molecular complexity index is 1310. The van der Waals surface area contributed by atoms with Gasteiger partial charge in [-0.05, 0) is 55.4 Å². The molecule has 6 rings (SSSR count). The Hall–Kier alpha value is -3.63. The van der Waals surface area contributed by atoms with Gasteiger partial charge in [-0.25, -0.2) is 24.3 Å². The Morgan fingerprint density at radius 3 is 2.54 bits per heavy atom. The number of likely N-dealkylation sites (tertiary alicyclic amines) is 1. The summed E-state index contributed by atoms with van der Waals surface area (Å²) in [6.45, 7) is 2.38. The maximum absolute atomic E-state index is 13.7. The van der Waals surface area contributed by atoms with E-state index in [1.165, 1.54) is 6.07 Å². The van der Waals surface area contributed by atoms with Crippen LogP contribution in [0.25, 0.3) is 11.5 Å². The van der Waals surface area contributed by atoms with Crippen LogP contribution < -0.4 is 5.32 Å². The van der Waals surface area contributed by atoms with Gasteiger partial charge in [0.1, 0.15) is 11.5 Å². The standard InChI is InChI=1S/C24H20F4N6O/c1-12-2-4-16(19(32-12)21-30-9-15(25)10-31-21)22(35)34-11-14-6-23(14)7-17(20(23)34)33-18-5-3-13(8-29-18)24(26,27)28/h2-5,8-10,14,17,20H,6-7,11H2,1H3,(H,29,33). The molecule has 11 heteroatoms. The molecule has 180 valence electrons. The van der Waals surface area contributed by atoms with E-state index in [1.54, 1.807) is 19.1 Å². The largest absolute Gasteiger partial charge is 0.417 e. The molecule has 0 aromatic carbocycles.